The number of hydrogen-bond acceptors (Lipinski definition) is 12. The molecule has 2 fully saturated rings. The fourth-order valence-electron chi connectivity index (χ4n) is 5.01. The van der Waals surface area contributed by atoms with Crippen LogP contribution in [0.25, 0.3) is 0 Å². The van der Waals surface area contributed by atoms with Crippen molar-refractivity contribution >= 4 is 130 Å². The molecule has 2 aliphatic carbocycles. The molecule has 0 amide bonds. The smallest absolute Gasteiger partial charge is 0.333 e. The van der Waals surface area contributed by atoms with Gasteiger partial charge in [0.2, 0.25) is 11.7 Å². The Morgan fingerprint density at radius 2 is 1.07 bits per heavy atom. The largest absolute Gasteiger partial charge is 0.451 e. The van der Waals surface area contributed by atoms with Crippen LogP contribution in [0, 0.1) is 5.92 Å². The van der Waals surface area contributed by atoms with Gasteiger partial charge in [-0.1, -0.05) is 70.4 Å². The van der Waals surface area contributed by atoms with E-state index in [9.17, 15) is 0 Å². The number of nitrogens with one attached hydrogen (secondary N) is 2. The van der Waals surface area contributed by atoms with Crippen LogP contribution in [-0.4, -0.2) is 145 Å². The van der Waals surface area contributed by atoms with E-state index in [1.165, 1.54) is 38.5 Å². The van der Waals surface area contributed by atoms with Crippen molar-refractivity contribution in [3.05, 3.63) is 0 Å². The zero-order valence-corrected chi connectivity index (χ0v) is 41.8. The Balaban J connectivity index is -0.000000243. The van der Waals surface area contributed by atoms with Crippen LogP contribution < -0.4 is 43.7 Å². The molecule has 5 atom stereocenters. The van der Waals surface area contributed by atoms with Crippen LogP contribution in [0.3, 0.4) is 0 Å². The molecule has 2 aliphatic rings. The molecule has 11 nitrogen and oxygen atoms in total. The second-order valence-corrected chi connectivity index (χ2v) is 22.6. The van der Waals surface area contributed by atoms with Gasteiger partial charge in [-0.15, -0.1) is 0 Å². The average molecular weight is 966 g/mol. The maximum Gasteiger partial charge on any atom is 0.333 e. The summed E-state index contributed by atoms with van der Waals surface area (Å²) in [4.78, 5) is 6.63. The minimum absolute atomic E-state index is 0. The second kappa shape index (κ2) is 48.7. The van der Waals surface area contributed by atoms with E-state index in [4.69, 9.17) is 46.2 Å². The molecule has 0 heterocycles. The summed E-state index contributed by atoms with van der Waals surface area (Å²) in [7, 11) is 16.8. The number of methoxy groups -OCH3 is 2. The van der Waals surface area contributed by atoms with Crippen molar-refractivity contribution in [1.82, 2.24) is 0 Å². The number of rotatable bonds is 27. The molecule has 5 unspecified atom stereocenters. The van der Waals surface area contributed by atoms with Gasteiger partial charge in [0.05, 0.1) is 60.6 Å². The standard InChI is InChI=1S/C17H34N4S4.C9H20N2S2.C8H16N2O2S2.CH4.BH2P.H2O.H2/c1-14-4-3-5-15(14)23-13-9-21-17(19)7-11-25-24-10-6-16(18)20-8-12-22-2;10-4-6-12-8-2-1-3-9(8)13-7-5-11;1-11-7(9)3-5-13-14-6-4-8(10)12-2;;1-2;;/h14-15H,3-13H2,1-2H3,(H2,18,20)(H2,19,21);8-9H,1-7,10-11H2;9-10H,3-6H2,1-2H3;1H4;2H2;1H2;1H/p+4/i;;;;;;1+2D. The van der Waals surface area contributed by atoms with Crippen LogP contribution in [0.5, 0.6) is 0 Å². The lowest BCUT2D eigenvalue weighted by Crippen LogP contribution is -2.76. The molecule has 21 heteroatoms. The molecule has 0 saturated heterocycles. The molecule has 0 aromatic carbocycles. The summed E-state index contributed by atoms with van der Waals surface area (Å²) < 4.78 is 19.7. The monoisotopic (exact) mass is 965 g/mol. The first-order valence-electron chi connectivity index (χ1n) is 19.8. The van der Waals surface area contributed by atoms with E-state index in [0.29, 0.717) is 11.8 Å². The lowest BCUT2D eigenvalue weighted by atomic mass is 10.1. The van der Waals surface area contributed by atoms with Gasteiger partial charge in [0.25, 0.3) is 0 Å². The summed E-state index contributed by atoms with van der Waals surface area (Å²) in [6, 6.07) is 0. The van der Waals surface area contributed by atoms with Crippen molar-refractivity contribution in [3.63, 3.8) is 0 Å². The summed E-state index contributed by atoms with van der Waals surface area (Å²) in [5.41, 5.74) is 23.0. The fraction of sp³-hybridized carbons (Fsp3) is 0.886. The van der Waals surface area contributed by atoms with Gasteiger partial charge >= 0.3 is 11.8 Å². The van der Waals surface area contributed by atoms with E-state index in [0.717, 1.165) is 131 Å². The van der Waals surface area contributed by atoms with Gasteiger partial charge in [-0.05, 0) is 37.9 Å². The maximum atomic E-state index is 6.06. The molecule has 56 heavy (non-hydrogen) atoms. The summed E-state index contributed by atoms with van der Waals surface area (Å²) in [5.74, 6) is 12.4. The lowest BCUT2D eigenvalue weighted by molar-refractivity contribution is -0.453. The minimum atomic E-state index is 0. The van der Waals surface area contributed by atoms with E-state index >= 15 is 0 Å². The topological polar surface area (TPSA) is 233 Å². The molecule has 0 aliphatic heterocycles. The predicted molar refractivity (Wildman–Crippen MR) is 276 cm³/mol. The quantitative estimate of drug-likeness (QED) is 0.0139. The third-order valence-electron chi connectivity index (χ3n) is 7.98. The summed E-state index contributed by atoms with van der Waals surface area (Å²) in [6.45, 7) is 5.97. The summed E-state index contributed by atoms with van der Waals surface area (Å²) in [5, 5.41) is 13.5. The minimum Gasteiger partial charge on any atom is -0.451 e. The first-order chi connectivity index (χ1) is 27.2. The number of ether oxygens (including phenoxy) is 2. The molecular weight excluding hydrogens is 879 g/mol. The van der Waals surface area contributed by atoms with Gasteiger partial charge in [0.1, 0.15) is 0 Å². The Kier molecular flexibility index (Phi) is 53.4. The molecule has 2 saturated carbocycles. The highest BCUT2D eigenvalue weighted by Gasteiger charge is 2.27. The summed E-state index contributed by atoms with van der Waals surface area (Å²) >= 11 is 8.06. The van der Waals surface area contributed by atoms with Crippen LogP contribution >= 0.6 is 99.3 Å². The number of thioether (sulfide) groups is 4. The Bertz CT molecular complexity index is 940. The Morgan fingerprint density at radius 3 is 1.45 bits per heavy atom. The Labute approximate surface area is 382 Å². The highest BCUT2D eigenvalue weighted by molar-refractivity contribution is 8.77. The molecular formula is C35H84BN8O3PS8+4. The number of amidine groups is 2. The first-order valence-corrected chi connectivity index (χ1v) is 29.0. The Morgan fingerprint density at radius 1 is 0.696 bits per heavy atom. The zero-order valence-electron chi connectivity index (χ0n) is 36.1. The molecule has 16 N–H and O–H groups in total. The van der Waals surface area contributed by atoms with E-state index in [-0.39, 0.29) is 12.9 Å². The van der Waals surface area contributed by atoms with E-state index in [1.807, 2.05) is 42.5 Å². The number of nitrogens with two attached hydrogens (primary N) is 6. The van der Waals surface area contributed by atoms with Crippen LogP contribution in [0.1, 0.15) is 81.5 Å². The number of hydrogen-bond donors (Lipinski definition) is 8. The van der Waals surface area contributed by atoms with E-state index in [2.05, 4.69) is 66.0 Å². The molecule has 0 aromatic rings. The Hall–Kier alpha value is 1.05. The van der Waals surface area contributed by atoms with Crippen molar-refractivity contribution < 1.29 is 38.7 Å². The normalized spacial score (nSPS) is 18.9. The van der Waals surface area contributed by atoms with Crippen LogP contribution in [0.15, 0.2) is 0 Å². The molecule has 0 bridgehead atoms. The fourth-order valence-corrected chi connectivity index (χ4v) is 13.4. The van der Waals surface area contributed by atoms with Crippen LogP contribution in [0.2, 0.25) is 0 Å². The van der Waals surface area contributed by atoms with Crippen molar-refractivity contribution in [3.8, 4) is 0 Å². The van der Waals surface area contributed by atoms with Crippen molar-refractivity contribution in [2.24, 2.45) is 28.9 Å². The lowest BCUT2D eigenvalue weighted by Gasteiger charge is -2.17. The van der Waals surface area contributed by atoms with Gasteiger partial charge in [0, 0.05) is 77.8 Å². The molecule has 2 rings (SSSR count). The zero-order chi connectivity index (χ0) is 42.7. The highest BCUT2D eigenvalue weighted by Crippen LogP contribution is 2.37. The molecule has 0 spiro atoms. The van der Waals surface area contributed by atoms with Crippen molar-refractivity contribution in [1.29, 1.82) is 0 Å². The summed E-state index contributed by atoms with van der Waals surface area (Å²) in [6.07, 6.45) is 13.9. The van der Waals surface area contributed by atoms with Crippen molar-refractivity contribution in [2.75, 3.05) is 92.7 Å². The van der Waals surface area contributed by atoms with Gasteiger partial charge < -0.3 is 26.4 Å². The van der Waals surface area contributed by atoms with E-state index in [1.54, 1.807) is 35.8 Å². The van der Waals surface area contributed by atoms with Crippen molar-refractivity contribution in [2.45, 2.75) is 94.3 Å². The maximum absolute atomic E-state index is 6.06. The van der Waals surface area contributed by atoms with Gasteiger partial charge in [0.15, 0.2) is 0 Å². The third-order valence-corrected chi connectivity index (χ3v) is 18.1. The first kappa shape index (κ1) is 61.4. The van der Waals surface area contributed by atoms with Gasteiger partial charge in [-0.2, -0.15) is 56.2 Å². The van der Waals surface area contributed by atoms with Crippen LogP contribution in [-0.2, 0) is 9.47 Å². The van der Waals surface area contributed by atoms with Gasteiger partial charge in [-0.25, -0.2) is 10.8 Å². The average Bonchev–Trinajstić information content (AvgIpc) is 3.86. The highest BCUT2D eigenvalue weighted by atomic mass is 33.1. The second-order valence-electron chi connectivity index (χ2n) is 12.2. The van der Waals surface area contributed by atoms with Crippen LogP contribution in [0.4, 0.5) is 0 Å². The molecule has 0 aromatic heterocycles. The SMILES string of the molecule is C.COC(=[NH2+])CCSSCCC(=[NH2+])OC.CSCC[NH+]=C(N)CCSSCCC(N)=[NH+]CCSC1CCCC1C.NCCSC1CCCC1SCCN.O.[2H][3H].[B]P. The predicted octanol–water partition coefficient (Wildman–Crippen LogP) is 0.358. The van der Waals surface area contributed by atoms with Gasteiger partial charge in [-0.3, -0.25) is 21.5 Å². The molecule has 334 valence electrons. The molecule has 2 radical (unpaired) electrons. The third kappa shape index (κ3) is 40.5. The van der Waals surface area contributed by atoms with E-state index < -0.39 is 0 Å².